The first-order chi connectivity index (χ1) is 7.28. The molecule has 0 saturated carbocycles. The van der Waals surface area contributed by atoms with Crippen LogP contribution in [0.5, 0.6) is 0 Å². The highest BCUT2D eigenvalue weighted by atomic mass is 15.0. The van der Waals surface area contributed by atoms with Crippen LogP contribution in [-0.2, 0) is 0 Å². The van der Waals surface area contributed by atoms with Gasteiger partial charge in [0.05, 0.1) is 6.04 Å². The Kier molecular flexibility index (Phi) is 9.67. The first-order valence-corrected chi connectivity index (χ1v) is 6.20. The summed E-state index contributed by atoms with van der Waals surface area (Å²) in [7, 11) is 0. The van der Waals surface area contributed by atoms with Crippen LogP contribution in [0.2, 0.25) is 0 Å². The molecule has 0 rings (SSSR count). The average molecular weight is 210 g/mol. The Hall–Kier alpha value is -0.520. The van der Waals surface area contributed by atoms with Crippen molar-refractivity contribution in [1.82, 2.24) is 5.32 Å². The molecule has 0 saturated heterocycles. The Balaban J connectivity index is 3.80. The Morgan fingerprint density at radius 2 is 1.93 bits per heavy atom. The summed E-state index contributed by atoms with van der Waals surface area (Å²) in [4.78, 5) is 0. The second-order valence-electron chi connectivity index (χ2n) is 4.10. The van der Waals surface area contributed by atoms with Crippen molar-refractivity contribution in [3.05, 3.63) is 0 Å². The van der Waals surface area contributed by atoms with Crippen LogP contribution in [0.15, 0.2) is 0 Å². The maximum Gasteiger partial charge on any atom is 0.0689 e. The van der Waals surface area contributed by atoms with Gasteiger partial charge >= 0.3 is 0 Å². The minimum atomic E-state index is 0.199. The summed E-state index contributed by atoms with van der Waals surface area (Å²) in [5.74, 6) is 2.79. The molecule has 0 radical (unpaired) electrons. The molecule has 15 heavy (non-hydrogen) atoms. The zero-order valence-electron chi connectivity index (χ0n) is 10.3. The van der Waals surface area contributed by atoms with Crippen molar-refractivity contribution in [3.8, 4) is 12.3 Å². The van der Waals surface area contributed by atoms with Crippen LogP contribution >= 0.6 is 0 Å². The van der Waals surface area contributed by atoms with E-state index in [2.05, 4.69) is 25.1 Å². The molecule has 0 aliphatic carbocycles. The molecule has 2 nitrogen and oxygen atoms in total. The predicted molar refractivity (Wildman–Crippen MR) is 67.6 cm³/mol. The standard InChI is InChI=1S/C13H26N2/c1-4-7-8-10-13(11-14)15-12(6-3)9-5-2/h3,12-13,15H,4-5,7-11,14H2,1-2H3. The summed E-state index contributed by atoms with van der Waals surface area (Å²) in [6.07, 6.45) is 12.6. The van der Waals surface area contributed by atoms with Crippen molar-refractivity contribution >= 4 is 0 Å². The highest BCUT2D eigenvalue weighted by Crippen LogP contribution is 2.05. The van der Waals surface area contributed by atoms with Crippen LogP contribution in [0, 0.1) is 12.3 Å². The number of terminal acetylenes is 1. The van der Waals surface area contributed by atoms with E-state index >= 15 is 0 Å². The van der Waals surface area contributed by atoms with E-state index in [4.69, 9.17) is 12.2 Å². The van der Waals surface area contributed by atoms with Gasteiger partial charge in [0.15, 0.2) is 0 Å². The molecule has 0 bridgehead atoms. The molecule has 3 N–H and O–H groups in total. The summed E-state index contributed by atoms with van der Waals surface area (Å²) in [5.41, 5.74) is 5.72. The zero-order valence-corrected chi connectivity index (χ0v) is 10.3. The van der Waals surface area contributed by atoms with E-state index in [0.29, 0.717) is 12.6 Å². The summed E-state index contributed by atoms with van der Waals surface area (Å²) in [6, 6.07) is 0.592. The molecular weight excluding hydrogens is 184 g/mol. The van der Waals surface area contributed by atoms with Crippen molar-refractivity contribution in [2.24, 2.45) is 5.73 Å². The van der Waals surface area contributed by atoms with Gasteiger partial charge in [-0.2, -0.15) is 0 Å². The lowest BCUT2D eigenvalue weighted by Gasteiger charge is -2.21. The number of unbranched alkanes of at least 4 members (excludes halogenated alkanes) is 2. The molecule has 0 aromatic heterocycles. The third-order valence-corrected chi connectivity index (χ3v) is 2.66. The lowest BCUT2D eigenvalue weighted by Crippen LogP contribution is -2.42. The normalized spacial score (nSPS) is 14.5. The van der Waals surface area contributed by atoms with Crippen molar-refractivity contribution in [2.45, 2.75) is 64.5 Å². The van der Waals surface area contributed by atoms with Gasteiger partial charge in [0.25, 0.3) is 0 Å². The van der Waals surface area contributed by atoms with Crippen molar-refractivity contribution in [2.75, 3.05) is 6.54 Å². The van der Waals surface area contributed by atoms with Gasteiger partial charge in [-0.15, -0.1) is 6.42 Å². The van der Waals surface area contributed by atoms with E-state index in [1.54, 1.807) is 0 Å². The molecule has 0 aromatic rings. The number of hydrogen-bond donors (Lipinski definition) is 2. The van der Waals surface area contributed by atoms with E-state index in [1.807, 2.05) is 0 Å². The Bertz CT molecular complexity index is 172. The minimum absolute atomic E-state index is 0.199. The monoisotopic (exact) mass is 210 g/mol. The van der Waals surface area contributed by atoms with Crippen LogP contribution < -0.4 is 11.1 Å². The fourth-order valence-corrected chi connectivity index (χ4v) is 1.70. The second-order valence-corrected chi connectivity index (χ2v) is 4.10. The fourth-order valence-electron chi connectivity index (χ4n) is 1.70. The van der Waals surface area contributed by atoms with E-state index in [0.717, 1.165) is 19.3 Å². The summed E-state index contributed by atoms with van der Waals surface area (Å²) in [6.45, 7) is 5.05. The van der Waals surface area contributed by atoms with Crippen molar-refractivity contribution in [1.29, 1.82) is 0 Å². The maximum atomic E-state index is 5.72. The van der Waals surface area contributed by atoms with Gasteiger partial charge in [0, 0.05) is 12.6 Å². The summed E-state index contributed by atoms with van der Waals surface area (Å²) in [5, 5.41) is 3.45. The first-order valence-electron chi connectivity index (χ1n) is 6.20. The van der Waals surface area contributed by atoms with Gasteiger partial charge in [0.2, 0.25) is 0 Å². The molecule has 0 amide bonds. The van der Waals surface area contributed by atoms with E-state index in [9.17, 15) is 0 Å². The van der Waals surface area contributed by atoms with Crippen LogP contribution in [0.25, 0.3) is 0 Å². The van der Waals surface area contributed by atoms with E-state index in [1.165, 1.54) is 19.3 Å². The van der Waals surface area contributed by atoms with Gasteiger partial charge in [-0.1, -0.05) is 45.5 Å². The zero-order chi connectivity index (χ0) is 11.5. The van der Waals surface area contributed by atoms with Crippen LogP contribution in [0.3, 0.4) is 0 Å². The minimum Gasteiger partial charge on any atom is -0.329 e. The topological polar surface area (TPSA) is 38.0 Å². The molecule has 0 aliphatic rings. The first kappa shape index (κ1) is 14.5. The Labute approximate surface area is 95.0 Å². The number of hydrogen-bond acceptors (Lipinski definition) is 2. The molecule has 2 heteroatoms. The van der Waals surface area contributed by atoms with E-state index in [-0.39, 0.29) is 6.04 Å². The lowest BCUT2D eigenvalue weighted by atomic mass is 10.1. The molecule has 2 unspecified atom stereocenters. The molecule has 0 fully saturated rings. The molecule has 2 atom stereocenters. The van der Waals surface area contributed by atoms with Crippen molar-refractivity contribution < 1.29 is 0 Å². The van der Waals surface area contributed by atoms with Crippen LogP contribution in [0.4, 0.5) is 0 Å². The quantitative estimate of drug-likeness (QED) is 0.452. The third kappa shape index (κ3) is 7.41. The second kappa shape index (κ2) is 10.0. The van der Waals surface area contributed by atoms with Crippen molar-refractivity contribution in [3.63, 3.8) is 0 Å². The molecular formula is C13H26N2. The summed E-state index contributed by atoms with van der Waals surface area (Å²) < 4.78 is 0. The van der Waals surface area contributed by atoms with E-state index < -0.39 is 0 Å². The van der Waals surface area contributed by atoms with Gasteiger partial charge in [-0.05, 0) is 12.8 Å². The SMILES string of the molecule is C#CC(CCC)NC(CN)CCCCC. The van der Waals surface area contributed by atoms with Crippen LogP contribution in [-0.4, -0.2) is 18.6 Å². The molecule has 0 aliphatic heterocycles. The highest BCUT2D eigenvalue weighted by Gasteiger charge is 2.10. The third-order valence-electron chi connectivity index (χ3n) is 2.66. The van der Waals surface area contributed by atoms with Gasteiger partial charge in [-0.25, -0.2) is 0 Å². The molecule has 0 spiro atoms. The number of nitrogens with one attached hydrogen (secondary N) is 1. The molecule has 88 valence electrons. The van der Waals surface area contributed by atoms with Gasteiger partial charge in [-0.3, -0.25) is 5.32 Å². The van der Waals surface area contributed by atoms with Gasteiger partial charge in [0.1, 0.15) is 0 Å². The largest absolute Gasteiger partial charge is 0.329 e. The Morgan fingerprint density at radius 3 is 2.40 bits per heavy atom. The highest BCUT2D eigenvalue weighted by molar-refractivity contribution is 4.99. The van der Waals surface area contributed by atoms with Crippen LogP contribution in [0.1, 0.15) is 52.4 Å². The fraction of sp³-hybridized carbons (Fsp3) is 0.846. The average Bonchev–Trinajstić information content (AvgIpc) is 2.26. The molecule has 0 heterocycles. The van der Waals surface area contributed by atoms with Gasteiger partial charge < -0.3 is 5.73 Å². The number of nitrogens with two attached hydrogens (primary N) is 1. The predicted octanol–water partition coefficient (Wildman–Crippen LogP) is 2.29. The molecule has 0 aromatic carbocycles. The Morgan fingerprint density at radius 1 is 1.20 bits per heavy atom. The summed E-state index contributed by atoms with van der Waals surface area (Å²) >= 11 is 0. The number of rotatable bonds is 9. The maximum absolute atomic E-state index is 5.72. The lowest BCUT2D eigenvalue weighted by molar-refractivity contribution is 0.426. The smallest absolute Gasteiger partial charge is 0.0689 e.